The summed E-state index contributed by atoms with van der Waals surface area (Å²) in [7, 11) is 2.60. The number of nitrogens with one attached hydrogen (secondary N) is 4. The Morgan fingerprint density at radius 3 is 1.98 bits per heavy atom. The number of aromatic nitrogens is 4. The summed E-state index contributed by atoms with van der Waals surface area (Å²) in [5.41, 5.74) is 8.25. The van der Waals surface area contributed by atoms with Gasteiger partial charge >= 0.3 is 12.2 Å². The highest BCUT2D eigenvalue weighted by molar-refractivity contribution is 5.87. The van der Waals surface area contributed by atoms with Gasteiger partial charge in [-0.2, -0.15) is 0 Å². The zero-order valence-corrected chi connectivity index (χ0v) is 33.2. The van der Waals surface area contributed by atoms with Crippen molar-refractivity contribution < 1.29 is 28.7 Å². The summed E-state index contributed by atoms with van der Waals surface area (Å²) < 4.78 is 9.55. The van der Waals surface area contributed by atoms with Crippen molar-refractivity contribution in [2.24, 2.45) is 11.8 Å². The van der Waals surface area contributed by atoms with Crippen molar-refractivity contribution >= 4 is 29.6 Å². The molecule has 56 heavy (non-hydrogen) atoms. The van der Waals surface area contributed by atoms with Crippen LogP contribution in [-0.4, -0.2) is 93.1 Å². The molecule has 298 valence electrons. The van der Waals surface area contributed by atoms with E-state index in [2.05, 4.69) is 51.0 Å². The standard InChI is InChI=1S/C42H54N8O6/c1-23(2)35(47-41(53)55-5)39(51)49-17-7-9-33(49)37-43-21-31(45-37)27-13-15-29-25(19-27)11-12-26-20-28(14-16-30(26)29)32-22-44-38(46-32)34-10-8-18-50(34)40(52)36(24(3)4)48-42(54)56-6/h13-16,19,21-24,28,33-36H,7-12,17-18,20H2,1-6H3,(H,43,45)(H,44,46)(H,47,53)(H,48,54)/t28?,33-,34-,35-,36-/m0/s1. The Labute approximate surface area is 327 Å². The fourth-order valence-corrected chi connectivity index (χ4v) is 8.77. The van der Waals surface area contributed by atoms with Gasteiger partial charge in [-0.3, -0.25) is 9.59 Å². The van der Waals surface area contributed by atoms with Crippen molar-refractivity contribution in [3.05, 3.63) is 76.8 Å². The number of fused-ring (bicyclic) bond motifs is 2. The highest BCUT2D eigenvalue weighted by Crippen LogP contribution is 2.43. The van der Waals surface area contributed by atoms with E-state index in [0.29, 0.717) is 13.1 Å². The highest BCUT2D eigenvalue weighted by atomic mass is 16.5. The van der Waals surface area contributed by atoms with Crippen LogP contribution >= 0.6 is 0 Å². The molecule has 4 N–H and O–H groups in total. The Bertz CT molecular complexity index is 2030. The number of likely N-dealkylation sites (tertiary alicyclic amines) is 2. The zero-order valence-electron chi connectivity index (χ0n) is 33.2. The maximum atomic E-state index is 13.6. The maximum Gasteiger partial charge on any atom is 0.407 e. The van der Waals surface area contributed by atoms with E-state index in [1.165, 1.54) is 36.5 Å². The van der Waals surface area contributed by atoms with Crippen LogP contribution in [0.25, 0.3) is 16.8 Å². The topological polar surface area (TPSA) is 175 Å². The van der Waals surface area contributed by atoms with Crippen molar-refractivity contribution in [2.75, 3.05) is 27.3 Å². The van der Waals surface area contributed by atoms with Crippen LogP contribution in [0.3, 0.4) is 0 Å². The fourth-order valence-electron chi connectivity index (χ4n) is 8.77. The quantitative estimate of drug-likeness (QED) is 0.185. The van der Waals surface area contributed by atoms with E-state index in [4.69, 9.17) is 19.4 Å². The summed E-state index contributed by atoms with van der Waals surface area (Å²) in [6, 6.07) is 4.88. The third kappa shape index (κ3) is 7.70. The lowest BCUT2D eigenvalue weighted by Crippen LogP contribution is -2.51. The Morgan fingerprint density at radius 2 is 1.39 bits per heavy atom. The lowest BCUT2D eigenvalue weighted by molar-refractivity contribution is -0.136. The maximum absolute atomic E-state index is 13.6. The van der Waals surface area contributed by atoms with Crippen LogP contribution in [0, 0.1) is 11.8 Å². The molecular formula is C42H54N8O6. The summed E-state index contributed by atoms with van der Waals surface area (Å²) in [4.78, 5) is 71.5. The molecule has 4 aliphatic rings. The van der Waals surface area contributed by atoms with Crippen molar-refractivity contribution in [1.82, 2.24) is 40.4 Å². The Balaban J connectivity index is 1.02. The molecule has 4 amide bonds. The van der Waals surface area contributed by atoms with Gasteiger partial charge in [0.2, 0.25) is 11.8 Å². The second kappa shape index (κ2) is 16.4. The van der Waals surface area contributed by atoms with Crippen LogP contribution in [0.5, 0.6) is 0 Å². The first-order valence-electron chi connectivity index (χ1n) is 19.9. The first kappa shape index (κ1) is 38.9. The fraction of sp³-hybridized carbons (Fsp3) is 0.524. The number of imidazole rings is 2. The van der Waals surface area contributed by atoms with Crippen LogP contribution in [0.2, 0.25) is 0 Å². The Hall–Kier alpha value is -5.40. The number of benzene rings is 1. The molecule has 1 unspecified atom stereocenters. The number of hydrogen-bond acceptors (Lipinski definition) is 8. The zero-order chi connectivity index (χ0) is 39.7. The van der Waals surface area contributed by atoms with Crippen LogP contribution in [0.1, 0.15) is 113 Å². The van der Waals surface area contributed by atoms with Crippen molar-refractivity contribution in [3.8, 4) is 11.3 Å². The van der Waals surface area contributed by atoms with E-state index in [0.717, 1.165) is 73.5 Å². The Morgan fingerprint density at radius 1 is 0.804 bits per heavy atom. The van der Waals surface area contributed by atoms with Gasteiger partial charge in [0.1, 0.15) is 23.7 Å². The Kier molecular flexibility index (Phi) is 11.4. The molecule has 5 atom stereocenters. The summed E-state index contributed by atoms with van der Waals surface area (Å²) in [6.45, 7) is 8.88. The van der Waals surface area contributed by atoms with E-state index in [-0.39, 0.29) is 41.7 Å². The number of ether oxygens (including phenoxy) is 2. The largest absolute Gasteiger partial charge is 0.453 e. The molecule has 2 fully saturated rings. The molecular weight excluding hydrogens is 713 g/mol. The number of methoxy groups -OCH3 is 2. The number of aryl methyl sites for hydroxylation is 1. The van der Waals surface area contributed by atoms with Crippen LogP contribution < -0.4 is 10.6 Å². The number of hydrogen-bond donors (Lipinski definition) is 4. The highest BCUT2D eigenvalue weighted by Gasteiger charge is 2.39. The first-order valence-corrected chi connectivity index (χ1v) is 19.9. The molecule has 0 radical (unpaired) electrons. The number of alkyl carbamates (subject to hydrolysis) is 2. The number of carbonyl (C=O) groups is 4. The third-order valence-corrected chi connectivity index (χ3v) is 11.8. The van der Waals surface area contributed by atoms with Gasteiger partial charge in [0.05, 0.1) is 38.2 Å². The van der Waals surface area contributed by atoms with Gasteiger partial charge < -0.3 is 39.9 Å². The predicted octanol–water partition coefficient (Wildman–Crippen LogP) is 6.33. The molecule has 2 aliphatic carbocycles. The minimum atomic E-state index is -0.680. The number of H-pyrrole nitrogens is 2. The van der Waals surface area contributed by atoms with E-state index in [9.17, 15) is 19.2 Å². The second-order valence-electron chi connectivity index (χ2n) is 16.1. The summed E-state index contributed by atoms with van der Waals surface area (Å²) in [6.07, 6.45) is 13.2. The molecule has 1 aromatic carbocycles. The molecule has 2 saturated heterocycles. The van der Waals surface area contributed by atoms with Gasteiger partial charge in [-0.25, -0.2) is 19.6 Å². The number of rotatable bonds is 10. The number of carbonyl (C=O) groups excluding carboxylic acids is 4. The monoisotopic (exact) mass is 766 g/mol. The SMILES string of the molecule is COC(=O)N[C@H](C(=O)N1CCC[C@H]1c1ncc(-c2ccc3c(c2)CCC2=C3C=CC(c3cnc([C@@H]4CCCN4C(=O)[C@@H](NC(=O)OC)C(C)C)[nH]3)C2)[nH]1)C(C)C. The number of aromatic amines is 2. The van der Waals surface area contributed by atoms with E-state index >= 15 is 0 Å². The van der Waals surface area contributed by atoms with Crippen molar-refractivity contribution in [2.45, 2.75) is 103 Å². The normalized spacial score (nSPS) is 21.5. The first-order chi connectivity index (χ1) is 27.0. The number of nitrogens with zero attached hydrogens (tertiary/aromatic N) is 4. The minimum Gasteiger partial charge on any atom is -0.453 e. The number of amides is 4. The van der Waals surface area contributed by atoms with E-state index in [1.54, 1.807) is 0 Å². The summed E-state index contributed by atoms with van der Waals surface area (Å²) in [5, 5.41) is 5.43. The summed E-state index contributed by atoms with van der Waals surface area (Å²) >= 11 is 0. The van der Waals surface area contributed by atoms with Gasteiger partial charge in [0.15, 0.2) is 0 Å². The lowest BCUT2D eigenvalue weighted by Gasteiger charge is -2.30. The molecule has 2 aromatic heterocycles. The van der Waals surface area contributed by atoms with E-state index in [1.807, 2.05) is 49.9 Å². The van der Waals surface area contributed by atoms with Crippen LogP contribution in [-0.2, 0) is 25.5 Å². The molecule has 0 saturated carbocycles. The van der Waals surface area contributed by atoms with Gasteiger partial charge in [0.25, 0.3) is 0 Å². The average molecular weight is 767 g/mol. The predicted molar refractivity (Wildman–Crippen MR) is 210 cm³/mol. The van der Waals surface area contributed by atoms with Crippen LogP contribution in [0.4, 0.5) is 9.59 Å². The second-order valence-corrected chi connectivity index (χ2v) is 16.1. The molecule has 7 rings (SSSR count). The smallest absolute Gasteiger partial charge is 0.407 e. The molecule has 4 heterocycles. The molecule has 0 spiro atoms. The van der Waals surface area contributed by atoms with Gasteiger partial charge in [-0.05, 0) is 85.1 Å². The molecule has 3 aromatic rings. The van der Waals surface area contributed by atoms with Gasteiger partial charge in [-0.1, -0.05) is 57.6 Å². The number of allylic oxidation sites excluding steroid dienone is 4. The molecule has 14 heteroatoms. The molecule has 2 aliphatic heterocycles. The lowest BCUT2D eigenvalue weighted by atomic mass is 9.77. The average Bonchev–Trinajstić information content (AvgIpc) is 4.04. The van der Waals surface area contributed by atoms with Gasteiger partial charge in [0, 0.05) is 30.9 Å². The van der Waals surface area contributed by atoms with Crippen molar-refractivity contribution in [1.29, 1.82) is 0 Å². The van der Waals surface area contributed by atoms with Crippen molar-refractivity contribution in [3.63, 3.8) is 0 Å². The molecule has 0 bridgehead atoms. The molecule has 14 nitrogen and oxygen atoms in total. The van der Waals surface area contributed by atoms with Gasteiger partial charge in [-0.15, -0.1) is 0 Å². The minimum absolute atomic E-state index is 0.0927. The third-order valence-electron chi connectivity index (χ3n) is 11.8. The van der Waals surface area contributed by atoms with Crippen LogP contribution in [0.15, 0.2) is 48.3 Å². The summed E-state index contributed by atoms with van der Waals surface area (Å²) in [5.74, 6) is 1.25. The van der Waals surface area contributed by atoms with E-state index < -0.39 is 24.3 Å².